The number of ketones is 1. The number of hydrogen-bond donors (Lipinski definition) is 2. The van der Waals surface area contributed by atoms with Gasteiger partial charge in [-0.3, -0.25) is 9.69 Å². The zero-order valence-corrected chi connectivity index (χ0v) is 30.1. The van der Waals surface area contributed by atoms with Gasteiger partial charge in [0.15, 0.2) is 0 Å². The van der Waals surface area contributed by atoms with Crippen LogP contribution in [0.5, 0.6) is 17.6 Å². The van der Waals surface area contributed by atoms with Crippen molar-refractivity contribution in [2.45, 2.75) is 63.8 Å². The van der Waals surface area contributed by atoms with Crippen molar-refractivity contribution in [1.82, 2.24) is 20.2 Å². The topological polar surface area (TPSA) is 106 Å². The van der Waals surface area contributed by atoms with Crippen LogP contribution in [0.4, 0.5) is 0 Å². The van der Waals surface area contributed by atoms with Crippen LogP contribution in [0.3, 0.4) is 0 Å². The Morgan fingerprint density at radius 3 is 2.40 bits per heavy atom. The fourth-order valence-electron chi connectivity index (χ4n) is 7.61. The number of likely N-dealkylation sites (tertiary alicyclic amines) is 1. The molecule has 0 spiro atoms. The van der Waals surface area contributed by atoms with Crippen molar-refractivity contribution in [3.05, 3.63) is 86.9 Å². The number of Topliss-reactive ketones (excluding diaryl/α,β-unsaturated/α-hetero) is 1. The summed E-state index contributed by atoms with van der Waals surface area (Å²) in [6.45, 7) is 4.98. The van der Waals surface area contributed by atoms with Crippen molar-refractivity contribution in [2.24, 2.45) is 5.92 Å². The molecule has 1 saturated heterocycles. The number of halogens is 2. The smallest absolute Gasteiger partial charge is 0.236 e. The van der Waals surface area contributed by atoms with Gasteiger partial charge < -0.3 is 24.6 Å². The van der Waals surface area contributed by atoms with Crippen LogP contribution in [-0.4, -0.2) is 65.2 Å². The third-order valence-corrected chi connectivity index (χ3v) is 10.6. The van der Waals surface area contributed by atoms with E-state index in [2.05, 4.69) is 27.3 Å². The first-order chi connectivity index (χ1) is 24.1. The molecule has 3 heterocycles. The maximum absolute atomic E-state index is 11.6. The minimum atomic E-state index is -0.666. The molecular formula is C39H42Cl2N4O5. The highest BCUT2D eigenvalue weighted by Gasteiger charge is 2.37. The number of aliphatic hydroxyl groups is 1. The number of nitrogens with one attached hydrogen (secondary N) is 1. The predicted molar refractivity (Wildman–Crippen MR) is 194 cm³/mol. The van der Waals surface area contributed by atoms with E-state index in [-0.39, 0.29) is 6.10 Å². The lowest BCUT2D eigenvalue weighted by Gasteiger charge is -2.44. The van der Waals surface area contributed by atoms with Gasteiger partial charge >= 0.3 is 0 Å². The van der Waals surface area contributed by atoms with E-state index in [1.807, 2.05) is 49.4 Å². The second kappa shape index (κ2) is 14.5. The van der Waals surface area contributed by atoms with Crippen LogP contribution in [0.1, 0.15) is 61.0 Å². The number of β-amino-alcohol motifs (C(OH)–C–C–N with tert-alkyl or cyclic N) is 1. The number of carbonyl (C=O) groups excluding carboxylic acids is 1. The first kappa shape index (κ1) is 34.7. The highest BCUT2D eigenvalue weighted by atomic mass is 35.5. The summed E-state index contributed by atoms with van der Waals surface area (Å²) in [6.07, 6.45) is 3.64. The molecule has 0 bridgehead atoms. The lowest BCUT2D eigenvalue weighted by Crippen LogP contribution is -2.59. The monoisotopic (exact) mass is 716 g/mol. The maximum Gasteiger partial charge on any atom is 0.236 e. The van der Waals surface area contributed by atoms with E-state index < -0.39 is 5.60 Å². The highest BCUT2D eigenvalue weighted by molar-refractivity contribution is 6.36. The summed E-state index contributed by atoms with van der Waals surface area (Å²) in [4.78, 5) is 23.3. The highest BCUT2D eigenvalue weighted by Crippen LogP contribution is 2.45. The Bertz CT molecular complexity index is 1910. The quantitative estimate of drug-likeness (QED) is 0.157. The average Bonchev–Trinajstić information content (AvgIpc) is 3.70. The summed E-state index contributed by atoms with van der Waals surface area (Å²) in [7, 11) is 3.22. The molecule has 2 fully saturated rings. The van der Waals surface area contributed by atoms with E-state index in [9.17, 15) is 9.90 Å². The number of methoxy groups -OCH3 is 2. The minimum absolute atomic E-state index is 0.237. The molecule has 1 saturated carbocycles. The Hall–Kier alpha value is -3.73. The summed E-state index contributed by atoms with van der Waals surface area (Å²) < 4.78 is 17.8. The number of fused-ring (bicyclic) bond motifs is 1. The molecule has 2 aromatic carbocycles. The van der Waals surface area contributed by atoms with Crippen molar-refractivity contribution in [3.63, 3.8) is 0 Å². The van der Waals surface area contributed by atoms with Crippen LogP contribution in [0.25, 0.3) is 22.4 Å². The van der Waals surface area contributed by atoms with Gasteiger partial charge in [-0.15, -0.1) is 0 Å². The first-order valence-corrected chi connectivity index (χ1v) is 17.9. The largest absolute Gasteiger partial charge is 0.481 e. The summed E-state index contributed by atoms with van der Waals surface area (Å²) in [5, 5.41) is 14.6. The molecule has 0 amide bonds. The Morgan fingerprint density at radius 2 is 1.66 bits per heavy atom. The Labute approximate surface area is 302 Å². The first-order valence-electron chi connectivity index (χ1n) is 17.1. The summed E-state index contributed by atoms with van der Waals surface area (Å²) in [6, 6.07) is 18.1. The standard InChI is InChI=1S/C39H42Cl2N4O5/c1-39(47)21-45(22-39)20-25-17-32(40)38(44-37(25)49-3)50-34-15-13-28-27(6-4-7-29(28)34)30-8-5-9-31(35(30)41)33-14-11-24(36(43-33)48-2)19-42-18-23-10-12-26(46)16-23/h4-9,11,14,17,23,34,42,47H,10,12-13,15-16,18-22H2,1-3H3/t23-,34+/m1/s1. The van der Waals surface area contributed by atoms with Crippen LogP contribution in [-0.2, 0) is 24.3 Å². The summed E-state index contributed by atoms with van der Waals surface area (Å²) >= 11 is 13.9. The van der Waals surface area contributed by atoms with Crippen molar-refractivity contribution >= 4 is 29.0 Å². The summed E-state index contributed by atoms with van der Waals surface area (Å²) in [5.41, 5.74) is 6.91. The Kier molecular flexibility index (Phi) is 10.1. The SMILES string of the molecule is COc1nc(-c2cccc(-c3cccc4c3CC[C@@H]4Oc3nc(OC)c(CN4CC(C)(O)C4)cc3Cl)c2Cl)ccc1CNC[C@@H]1CCC(=O)C1. The number of rotatable bonds is 12. The van der Waals surface area contributed by atoms with Gasteiger partial charge in [-0.1, -0.05) is 65.7 Å². The second-order valence-corrected chi connectivity index (χ2v) is 14.7. The zero-order chi connectivity index (χ0) is 35.0. The van der Waals surface area contributed by atoms with E-state index in [0.717, 1.165) is 64.9 Å². The lowest BCUT2D eigenvalue weighted by molar-refractivity contribution is -0.117. The van der Waals surface area contributed by atoms with Crippen LogP contribution in [0, 0.1) is 5.92 Å². The van der Waals surface area contributed by atoms with Crippen LogP contribution < -0.4 is 19.5 Å². The molecule has 2 aromatic heterocycles. The van der Waals surface area contributed by atoms with Crippen molar-refractivity contribution in [3.8, 4) is 40.0 Å². The van der Waals surface area contributed by atoms with E-state index in [4.69, 9.17) is 42.4 Å². The number of hydrogen-bond acceptors (Lipinski definition) is 9. The summed E-state index contributed by atoms with van der Waals surface area (Å²) in [5.74, 6) is 2.09. The van der Waals surface area contributed by atoms with Crippen molar-refractivity contribution in [1.29, 1.82) is 0 Å². The molecule has 11 heteroatoms. The molecule has 50 heavy (non-hydrogen) atoms. The molecule has 1 aliphatic heterocycles. The Morgan fingerprint density at radius 1 is 0.920 bits per heavy atom. The van der Waals surface area contributed by atoms with Gasteiger partial charge in [0.05, 0.1) is 30.5 Å². The number of ether oxygens (including phenoxy) is 3. The maximum atomic E-state index is 11.6. The van der Waals surface area contributed by atoms with E-state index in [1.165, 1.54) is 5.56 Å². The molecule has 9 nitrogen and oxygen atoms in total. The van der Waals surface area contributed by atoms with Gasteiger partial charge in [0.25, 0.3) is 0 Å². The van der Waals surface area contributed by atoms with E-state index >= 15 is 0 Å². The lowest BCUT2D eigenvalue weighted by atomic mass is 9.94. The van der Waals surface area contributed by atoms with Crippen molar-refractivity contribution in [2.75, 3.05) is 33.9 Å². The molecular weight excluding hydrogens is 675 g/mol. The molecule has 2 aliphatic carbocycles. The van der Waals surface area contributed by atoms with E-state index in [1.54, 1.807) is 14.2 Å². The number of pyridine rings is 2. The molecule has 4 aromatic rings. The fourth-order valence-corrected chi connectivity index (χ4v) is 8.15. The molecule has 0 unspecified atom stereocenters. The zero-order valence-electron chi connectivity index (χ0n) is 28.6. The van der Waals surface area contributed by atoms with Gasteiger partial charge in [-0.05, 0) is 67.5 Å². The van der Waals surface area contributed by atoms with Gasteiger partial charge in [-0.25, -0.2) is 4.98 Å². The third-order valence-electron chi connectivity index (χ3n) is 9.96. The Balaban J connectivity index is 1.09. The third kappa shape index (κ3) is 7.20. The number of nitrogens with zero attached hydrogens (tertiary/aromatic N) is 3. The molecule has 7 rings (SSSR count). The van der Waals surface area contributed by atoms with Gasteiger partial charge in [0, 0.05) is 61.3 Å². The number of carbonyl (C=O) groups is 1. The fraction of sp³-hybridized carbons (Fsp3) is 0.410. The molecule has 2 atom stereocenters. The normalized spacial score (nSPS) is 19.7. The number of benzene rings is 2. The van der Waals surface area contributed by atoms with Crippen LogP contribution in [0.15, 0.2) is 54.6 Å². The molecule has 0 radical (unpaired) electrons. The van der Waals surface area contributed by atoms with Gasteiger partial charge in [-0.2, -0.15) is 4.98 Å². The minimum Gasteiger partial charge on any atom is -0.481 e. The molecule has 3 aliphatic rings. The number of aromatic nitrogens is 2. The van der Waals surface area contributed by atoms with Crippen LogP contribution >= 0.6 is 23.2 Å². The second-order valence-electron chi connectivity index (χ2n) is 13.9. The van der Waals surface area contributed by atoms with Crippen LogP contribution in [0.2, 0.25) is 10.0 Å². The van der Waals surface area contributed by atoms with Gasteiger partial charge in [0.2, 0.25) is 17.6 Å². The molecule has 2 N–H and O–H groups in total. The van der Waals surface area contributed by atoms with Crippen molar-refractivity contribution < 1.29 is 24.1 Å². The van der Waals surface area contributed by atoms with E-state index in [0.29, 0.717) is 78.4 Å². The van der Waals surface area contributed by atoms with Gasteiger partial charge in [0.1, 0.15) is 16.9 Å². The average molecular weight is 718 g/mol. The predicted octanol–water partition coefficient (Wildman–Crippen LogP) is 7.23. The molecule has 262 valence electrons.